The zero-order chi connectivity index (χ0) is 12.3. The van der Waals surface area contributed by atoms with Gasteiger partial charge in [-0.2, -0.15) is 0 Å². The Bertz CT molecular complexity index is 564. The Balaban J connectivity index is 2.20. The fourth-order valence-corrected chi connectivity index (χ4v) is 1.66. The number of benzene rings is 1. The lowest BCUT2D eigenvalue weighted by atomic mass is 10.2. The number of rotatable bonds is 3. The molecule has 1 heterocycles. The summed E-state index contributed by atoms with van der Waals surface area (Å²) in [5.74, 6) is 0.398. The molecule has 0 aliphatic heterocycles. The van der Waals surface area contributed by atoms with Crippen LogP contribution < -0.4 is 16.2 Å². The largest absolute Gasteiger partial charge is 0.399 e. The van der Waals surface area contributed by atoms with Gasteiger partial charge in [-0.3, -0.25) is 4.79 Å². The quantitative estimate of drug-likeness (QED) is 0.771. The molecule has 5 heteroatoms. The van der Waals surface area contributed by atoms with Crippen molar-refractivity contribution in [1.29, 1.82) is 0 Å². The Morgan fingerprint density at radius 3 is 3.00 bits per heavy atom. The number of aromatic nitrogens is 2. The molecule has 0 saturated carbocycles. The zero-order valence-electron chi connectivity index (χ0n) is 9.55. The van der Waals surface area contributed by atoms with Gasteiger partial charge in [-0.15, -0.1) is 0 Å². The van der Waals surface area contributed by atoms with E-state index in [1.165, 1.54) is 6.20 Å². The van der Waals surface area contributed by atoms with Crippen LogP contribution >= 0.6 is 0 Å². The number of anilines is 2. The molecule has 1 aromatic heterocycles. The molecular weight excluding hydrogens is 216 g/mol. The summed E-state index contributed by atoms with van der Waals surface area (Å²) < 4.78 is 0. The number of hydrogen-bond acceptors (Lipinski definition) is 4. The van der Waals surface area contributed by atoms with E-state index in [2.05, 4.69) is 9.97 Å². The molecule has 0 aliphatic carbocycles. The zero-order valence-corrected chi connectivity index (χ0v) is 9.55. The van der Waals surface area contributed by atoms with Crippen LogP contribution in [-0.2, 0) is 6.54 Å². The Kier molecular flexibility index (Phi) is 3.09. The van der Waals surface area contributed by atoms with Crippen LogP contribution in [0.1, 0.15) is 5.56 Å². The van der Waals surface area contributed by atoms with Gasteiger partial charge in [0.15, 0.2) is 5.82 Å². The molecule has 5 nitrogen and oxygen atoms in total. The van der Waals surface area contributed by atoms with Crippen molar-refractivity contribution in [2.45, 2.75) is 6.54 Å². The highest BCUT2D eigenvalue weighted by molar-refractivity contribution is 5.43. The Hall–Kier alpha value is -2.30. The SMILES string of the molecule is CN(Cc1cccc(N)c1)c1ncc[nH]c1=O. The van der Waals surface area contributed by atoms with Crippen LogP contribution in [0, 0.1) is 0 Å². The first-order valence-corrected chi connectivity index (χ1v) is 5.26. The van der Waals surface area contributed by atoms with Crippen molar-refractivity contribution in [3.8, 4) is 0 Å². The predicted octanol–water partition coefficient (Wildman–Crippen LogP) is 0.989. The van der Waals surface area contributed by atoms with Gasteiger partial charge in [-0.25, -0.2) is 4.98 Å². The van der Waals surface area contributed by atoms with Crippen molar-refractivity contribution in [2.24, 2.45) is 0 Å². The summed E-state index contributed by atoms with van der Waals surface area (Å²) in [4.78, 5) is 20.0. The Morgan fingerprint density at radius 2 is 2.29 bits per heavy atom. The van der Waals surface area contributed by atoms with E-state index in [4.69, 9.17) is 5.73 Å². The molecule has 0 saturated heterocycles. The van der Waals surface area contributed by atoms with E-state index in [-0.39, 0.29) is 5.56 Å². The molecule has 0 spiro atoms. The lowest BCUT2D eigenvalue weighted by Crippen LogP contribution is -2.25. The monoisotopic (exact) mass is 230 g/mol. The van der Waals surface area contributed by atoms with Crippen molar-refractivity contribution >= 4 is 11.5 Å². The van der Waals surface area contributed by atoms with Crippen molar-refractivity contribution < 1.29 is 0 Å². The van der Waals surface area contributed by atoms with E-state index in [0.717, 1.165) is 5.56 Å². The second kappa shape index (κ2) is 4.69. The van der Waals surface area contributed by atoms with Crippen LogP contribution in [0.25, 0.3) is 0 Å². The molecule has 3 N–H and O–H groups in total. The minimum atomic E-state index is -0.195. The second-order valence-electron chi connectivity index (χ2n) is 3.84. The number of nitrogens with one attached hydrogen (secondary N) is 1. The third kappa shape index (κ3) is 2.63. The van der Waals surface area contributed by atoms with Gasteiger partial charge in [-0.05, 0) is 17.7 Å². The third-order valence-electron chi connectivity index (χ3n) is 2.42. The average molecular weight is 230 g/mol. The summed E-state index contributed by atoms with van der Waals surface area (Å²) >= 11 is 0. The molecule has 2 aromatic rings. The van der Waals surface area contributed by atoms with Gasteiger partial charge in [0.05, 0.1) is 0 Å². The molecule has 88 valence electrons. The van der Waals surface area contributed by atoms with Crippen LogP contribution in [-0.4, -0.2) is 17.0 Å². The van der Waals surface area contributed by atoms with Gasteiger partial charge in [-0.1, -0.05) is 12.1 Å². The number of nitrogens with two attached hydrogens (primary N) is 1. The van der Waals surface area contributed by atoms with Crippen LogP contribution in [0.4, 0.5) is 11.5 Å². The minimum absolute atomic E-state index is 0.195. The van der Waals surface area contributed by atoms with E-state index >= 15 is 0 Å². The van der Waals surface area contributed by atoms with Crippen molar-refractivity contribution in [3.63, 3.8) is 0 Å². The molecule has 0 radical (unpaired) electrons. The molecule has 0 amide bonds. The first-order valence-electron chi connectivity index (χ1n) is 5.26. The van der Waals surface area contributed by atoms with Gasteiger partial charge >= 0.3 is 0 Å². The minimum Gasteiger partial charge on any atom is -0.399 e. The van der Waals surface area contributed by atoms with Crippen LogP contribution in [0.5, 0.6) is 0 Å². The standard InChI is InChI=1S/C12H14N4O/c1-16(11-12(17)15-6-5-14-11)8-9-3-2-4-10(13)7-9/h2-7H,8,13H2,1H3,(H,15,17). The summed E-state index contributed by atoms with van der Waals surface area (Å²) in [6.45, 7) is 0.588. The van der Waals surface area contributed by atoms with E-state index in [1.54, 1.807) is 11.1 Å². The Labute approximate surface area is 98.9 Å². The van der Waals surface area contributed by atoms with Gasteiger partial charge in [0, 0.05) is 31.7 Å². The Morgan fingerprint density at radius 1 is 1.47 bits per heavy atom. The topological polar surface area (TPSA) is 75.0 Å². The number of H-pyrrole nitrogens is 1. The maximum Gasteiger partial charge on any atom is 0.290 e. The molecule has 0 unspecified atom stereocenters. The molecular formula is C12H14N4O. The van der Waals surface area contributed by atoms with Crippen molar-refractivity contribution in [3.05, 3.63) is 52.6 Å². The maximum absolute atomic E-state index is 11.5. The number of nitrogen functional groups attached to an aromatic ring is 1. The molecule has 0 atom stereocenters. The average Bonchev–Trinajstić information content (AvgIpc) is 2.29. The highest BCUT2D eigenvalue weighted by Gasteiger charge is 2.07. The first kappa shape index (κ1) is 11.2. The molecule has 0 fully saturated rings. The highest BCUT2D eigenvalue weighted by atomic mass is 16.1. The predicted molar refractivity (Wildman–Crippen MR) is 67.8 cm³/mol. The summed E-state index contributed by atoms with van der Waals surface area (Å²) in [6.07, 6.45) is 3.08. The van der Waals surface area contributed by atoms with Crippen molar-refractivity contribution in [1.82, 2.24) is 9.97 Å². The lowest BCUT2D eigenvalue weighted by Gasteiger charge is -2.16. The van der Waals surface area contributed by atoms with Crippen LogP contribution in [0.2, 0.25) is 0 Å². The molecule has 0 bridgehead atoms. The third-order valence-corrected chi connectivity index (χ3v) is 2.42. The smallest absolute Gasteiger partial charge is 0.290 e. The summed E-state index contributed by atoms with van der Waals surface area (Å²) in [5.41, 5.74) is 7.26. The number of aromatic amines is 1. The maximum atomic E-state index is 11.5. The highest BCUT2D eigenvalue weighted by Crippen LogP contribution is 2.10. The van der Waals surface area contributed by atoms with E-state index < -0.39 is 0 Å². The number of nitrogens with zero attached hydrogens (tertiary/aromatic N) is 2. The molecule has 2 rings (SSSR count). The van der Waals surface area contributed by atoms with E-state index in [1.807, 2.05) is 31.3 Å². The lowest BCUT2D eigenvalue weighted by molar-refractivity contribution is 0.879. The van der Waals surface area contributed by atoms with Crippen LogP contribution in [0.3, 0.4) is 0 Å². The van der Waals surface area contributed by atoms with Gasteiger partial charge in [0.25, 0.3) is 5.56 Å². The van der Waals surface area contributed by atoms with Gasteiger partial charge in [0.1, 0.15) is 0 Å². The first-order chi connectivity index (χ1) is 8.16. The fourth-order valence-electron chi connectivity index (χ4n) is 1.66. The summed E-state index contributed by atoms with van der Waals surface area (Å²) in [5, 5.41) is 0. The van der Waals surface area contributed by atoms with Crippen molar-refractivity contribution in [2.75, 3.05) is 17.7 Å². The fraction of sp³-hybridized carbons (Fsp3) is 0.167. The summed E-state index contributed by atoms with van der Waals surface area (Å²) in [7, 11) is 1.82. The molecule has 17 heavy (non-hydrogen) atoms. The normalized spacial score (nSPS) is 10.2. The van der Waals surface area contributed by atoms with Gasteiger partial charge < -0.3 is 15.6 Å². The summed E-state index contributed by atoms with van der Waals surface area (Å²) in [6, 6.07) is 7.57. The van der Waals surface area contributed by atoms with E-state index in [9.17, 15) is 4.79 Å². The molecule has 1 aromatic carbocycles. The molecule has 0 aliphatic rings. The van der Waals surface area contributed by atoms with Gasteiger partial charge in [0.2, 0.25) is 0 Å². The van der Waals surface area contributed by atoms with Crippen LogP contribution in [0.15, 0.2) is 41.5 Å². The second-order valence-corrected chi connectivity index (χ2v) is 3.84. The van der Waals surface area contributed by atoms with E-state index in [0.29, 0.717) is 18.1 Å². The number of hydrogen-bond donors (Lipinski definition) is 2.